The van der Waals surface area contributed by atoms with Crippen molar-refractivity contribution < 1.29 is 19.7 Å². The van der Waals surface area contributed by atoms with E-state index in [0.717, 1.165) is 25.7 Å². The van der Waals surface area contributed by atoms with Gasteiger partial charge in [-0.25, -0.2) is 0 Å². The molecule has 0 aromatic heterocycles. The van der Waals surface area contributed by atoms with Gasteiger partial charge in [-0.15, -0.1) is 0 Å². The summed E-state index contributed by atoms with van der Waals surface area (Å²) in [5.41, 5.74) is 1.17. The highest BCUT2D eigenvalue weighted by atomic mass is 16.5. The molecule has 0 spiro atoms. The smallest absolute Gasteiger partial charge is 0.0778 e. The van der Waals surface area contributed by atoms with E-state index in [4.69, 9.17) is 9.47 Å². The van der Waals surface area contributed by atoms with Crippen LogP contribution in [0.1, 0.15) is 38.2 Å². The number of aliphatic hydroxyl groups excluding tert-OH is 2. The van der Waals surface area contributed by atoms with Gasteiger partial charge in [-0.05, 0) is 50.5 Å². The molecule has 2 aliphatic rings. The molecular formula is C22H32O4. The summed E-state index contributed by atoms with van der Waals surface area (Å²) in [5.74, 6) is 0.460. The average Bonchev–Trinajstić information content (AvgIpc) is 3.25. The van der Waals surface area contributed by atoms with Gasteiger partial charge < -0.3 is 19.7 Å². The van der Waals surface area contributed by atoms with Crippen LogP contribution in [-0.4, -0.2) is 47.8 Å². The fourth-order valence-electron chi connectivity index (χ4n) is 4.54. The third-order valence-corrected chi connectivity index (χ3v) is 5.78. The average molecular weight is 360 g/mol. The molecular weight excluding hydrogens is 328 g/mol. The van der Waals surface area contributed by atoms with Crippen LogP contribution in [-0.2, 0) is 15.9 Å². The lowest BCUT2D eigenvalue weighted by Gasteiger charge is -2.31. The first kappa shape index (κ1) is 19.6. The van der Waals surface area contributed by atoms with Gasteiger partial charge in [0.05, 0.1) is 31.0 Å². The summed E-state index contributed by atoms with van der Waals surface area (Å²) < 4.78 is 11.4. The summed E-state index contributed by atoms with van der Waals surface area (Å²) in [7, 11) is 0. The number of fused-ring (bicyclic) bond motifs is 2. The van der Waals surface area contributed by atoms with Crippen molar-refractivity contribution in [2.45, 2.75) is 63.4 Å². The maximum atomic E-state index is 10.7. The van der Waals surface area contributed by atoms with E-state index in [1.807, 2.05) is 37.3 Å². The third-order valence-electron chi connectivity index (χ3n) is 5.78. The van der Waals surface area contributed by atoms with Crippen molar-refractivity contribution in [3.63, 3.8) is 0 Å². The maximum Gasteiger partial charge on any atom is 0.0778 e. The summed E-state index contributed by atoms with van der Waals surface area (Å²) in [6, 6.07) is 10.1. The topological polar surface area (TPSA) is 58.9 Å². The molecule has 2 heterocycles. The van der Waals surface area contributed by atoms with Crippen LogP contribution in [0.15, 0.2) is 42.5 Å². The normalized spacial score (nSPS) is 30.1. The molecule has 0 amide bonds. The molecule has 2 bridgehead atoms. The number of hydrogen-bond donors (Lipinski definition) is 2. The second-order valence-electron chi connectivity index (χ2n) is 7.53. The first-order chi connectivity index (χ1) is 12.7. The Kier molecular flexibility index (Phi) is 7.26. The Labute approximate surface area is 156 Å². The number of ether oxygens (including phenoxy) is 2. The molecule has 144 valence electrons. The molecule has 4 heteroatoms. The minimum absolute atomic E-state index is 0.135. The van der Waals surface area contributed by atoms with Gasteiger partial charge in [-0.2, -0.15) is 0 Å². The summed E-state index contributed by atoms with van der Waals surface area (Å²) in [4.78, 5) is 0. The molecule has 2 aliphatic heterocycles. The van der Waals surface area contributed by atoms with Crippen LogP contribution in [0, 0.1) is 11.8 Å². The van der Waals surface area contributed by atoms with Crippen LogP contribution in [0.3, 0.4) is 0 Å². The van der Waals surface area contributed by atoms with E-state index in [0.29, 0.717) is 25.6 Å². The Balaban J connectivity index is 1.52. The zero-order chi connectivity index (χ0) is 18.4. The van der Waals surface area contributed by atoms with E-state index in [1.165, 1.54) is 5.56 Å². The maximum absolute atomic E-state index is 10.7. The van der Waals surface area contributed by atoms with Gasteiger partial charge in [0.15, 0.2) is 0 Å². The van der Waals surface area contributed by atoms with E-state index in [1.54, 1.807) is 0 Å². The van der Waals surface area contributed by atoms with Gasteiger partial charge >= 0.3 is 0 Å². The standard InChI is InChI=1S/C22H32O4/c1-2-25-14-6-9-19(24)22-18(20-12-13-21(22)26-20)11-10-17(23)15-16-7-4-3-5-8-16/h3-9,17-24H,2,10-15H2,1H3/t17?,18-,19-,20?,21-,22+/m0/s1. The molecule has 0 aliphatic carbocycles. The van der Waals surface area contributed by atoms with Crippen LogP contribution >= 0.6 is 0 Å². The SMILES string of the molecule is CCOCC=C[C@H](O)[C@@H]1[C@@H]2CCC(O2)[C@@H]1CCC(O)Cc1ccccc1. The molecule has 26 heavy (non-hydrogen) atoms. The number of rotatable bonds is 10. The molecule has 0 saturated carbocycles. The first-order valence-electron chi connectivity index (χ1n) is 9.99. The van der Waals surface area contributed by atoms with Crippen molar-refractivity contribution in [2.75, 3.05) is 13.2 Å². The van der Waals surface area contributed by atoms with Crippen LogP contribution in [0.5, 0.6) is 0 Å². The molecule has 2 saturated heterocycles. The van der Waals surface area contributed by atoms with Gasteiger partial charge in [0.1, 0.15) is 0 Å². The van der Waals surface area contributed by atoms with Gasteiger partial charge in [0, 0.05) is 12.5 Å². The van der Waals surface area contributed by atoms with E-state index < -0.39 is 6.10 Å². The number of hydrogen-bond acceptors (Lipinski definition) is 4. The fraction of sp³-hybridized carbons (Fsp3) is 0.636. The van der Waals surface area contributed by atoms with Crippen molar-refractivity contribution in [2.24, 2.45) is 11.8 Å². The Morgan fingerprint density at radius 2 is 1.96 bits per heavy atom. The van der Waals surface area contributed by atoms with Crippen LogP contribution < -0.4 is 0 Å². The molecule has 4 nitrogen and oxygen atoms in total. The highest BCUT2D eigenvalue weighted by Gasteiger charge is 2.50. The molecule has 2 fully saturated rings. The van der Waals surface area contributed by atoms with Crippen molar-refractivity contribution in [1.29, 1.82) is 0 Å². The largest absolute Gasteiger partial charge is 0.393 e. The minimum Gasteiger partial charge on any atom is -0.393 e. The van der Waals surface area contributed by atoms with Crippen molar-refractivity contribution in [3.05, 3.63) is 48.0 Å². The molecule has 1 aromatic rings. The lowest BCUT2D eigenvalue weighted by Crippen LogP contribution is -2.36. The van der Waals surface area contributed by atoms with Gasteiger partial charge in [-0.1, -0.05) is 42.5 Å². The Hall–Kier alpha value is -1.20. The zero-order valence-corrected chi connectivity index (χ0v) is 15.7. The van der Waals surface area contributed by atoms with E-state index in [-0.39, 0.29) is 24.2 Å². The monoisotopic (exact) mass is 360 g/mol. The number of benzene rings is 1. The van der Waals surface area contributed by atoms with E-state index in [9.17, 15) is 10.2 Å². The van der Waals surface area contributed by atoms with Crippen molar-refractivity contribution in [3.8, 4) is 0 Å². The fourth-order valence-corrected chi connectivity index (χ4v) is 4.54. The summed E-state index contributed by atoms with van der Waals surface area (Å²) >= 11 is 0. The minimum atomic E-state index is -0.498. The highest BCUT2D eigenvalue weighted by molar-refractivity contribution is 5.15. The molecule has 0 radical (unpaired) electrons. The van der Waals surface area contributed by atoms with Crippen LogP contribution in [0.4, 0.5) is 0 Å². The van der Waals surface area contributed by atoms with E-state index >= 15 is 0 Å². The van der Waals surface area contributed by atoms with Gasteiger partial charge in [-0.3, -0.25) is 0 Å². The molecule has 2 N–H and O–H groups in total. The predicted molar refractivity (Wildman–Crippen MR) is 102 cm³/mol. The molecule has 3 rings (SSSR count). The summed E-state index contributed by atoms with van der Waals surface area (Å²) in [6.45, 7) is 3.18. The Bertz CT molecular complexity index is 559. The zero-order valence-electron chi connectivity index (χ0n) is 15.7. The second kappa shape index (κ2) is 9.65. The van der Waals surface area contributed by atoms with Gasteiger partial charge in [0.2, 0.25) is 0 Å². The quantitative estimate of drug-likeness (QED) is 0.497. The lowest BCUT2D eigenvalue weighted by molar-refractivity contribution is 0.0593. The molecule has 2 unspecified atom stereocenters. The van der Waals surface area contributed by atoms with Crippen LogP contribution in [0.25, 0.3) is 0 Å². The van der Waals surface area contributed by atoms with Gasteiger partial charge in [0.25, 0.3) is 0 Å². The summed E-state index contributed by atoms with van der Waals surface area (Å²) in [5, 5.41) is 21.1. The first-order valence-corrected chi connectivity index (χ1v) is 9.99. The van der Waals surface area contributed by atoms with Crippen molar-refractivity contribution >= 4 is 0 Å². The molecule has 6 atom stereocenters. The highest BCUT2D eigenvalue weighted by Crippen LogP contribution is 2.47. The number of aliphatic hydroxyl groups is 2. The van der Waals surface area contributed by atoms with Crippen molar-refractivity contribution in [1.82, 2.24) is 0 Å². The Morgan fingerprint density at radius 3 is 2.73 bits per heavy atom. The second-order valence-corrected chi connectivity index (χ2v) is 7.53. The third kappa shape index (κ3) is 4.95. The lowest BCUT2D eigenvalue weighted by atomic mass is 9.73. The summed E-state index contributed by atoms with van der Waals surface area (Å²) in [6.07, 6.45) is 7.76. The molecule has 1 aromatic carbocycles. The predicted octanol–water partition coefficient (Wildman–Crippen LogP) is 3.12. The van der Waals surface area contributed by atoms with Crippen LogP contribution in [0.2, 0.25) is 0 Å². The Morgan fingerprint density at radius 1 is 1.19 bits per heavy atom. The van der Waals surface area contributed by atoms with E-state index in [2.05, 4.69) is 12.1 Å².